The molecule has 0 saturated carbocycles. The number of terminal acetylenes is 1. The summed E-state index contributed by atoms with van der Waals surface area (Å²) < 4.78 is 5.79. The minimum Gasteiger partial charge on any atom is -0.491 e. The molecule has 0 aromatic heterocycles. The molecule has 1 aliphatic rings. The monoisotopic (exact) mass is 314 g/mol. The molecule has 0 spiro atoms. The zero-order valence-corrected chi connectivity index (χ0v) is 14.0. The molecule has 124 valence electrons. The Morgan fingerprint density at radius 1 is 1.39 bits per heavy atom. The number of carbonyl (C=O) groups excluding carboxylic acids is 1. The molecule has 0 bridgehead atoms. The second-order valence-electron chi connectivity index (χ2n) is 6.25. The van der Waals surface area contributed by atoms with Gasteiger partial charge >= 0.3 is 0 Å². The summed E-state index contributed by atoms with van der Waals surface area (Å²) in [5, 5.41) is 3.05. The fourth-order valence-electron chi connectivity index (χ4n) is 2.83. The van der Waals surface area contributed by atoms with Gasteiger partial charge in [-0.1, -0.05) is 24.1 Å². The van der Waals surface area contributed by atoms with Gasteiger partial charge in [0.1, 0.15) is 5.75 Å². The summed E-state index contributed by atoms with van der Waals surface area (Å²) in [6.07, 6.45) is 7.19. The molecule has 1 heterocycles. The van der Waals surface area contributed by atoms with Gasteiger partial charge in [0.15, 0.2) is 0 Å². The molecule has 1 fully saturated rings. The highest BCUT2D eigenvalue weighted by Gasteiger charge is 2.24. The molecule has 1 saturated heterocycles. The minimum atomic E-state index is 0.0854. The maximum absolute atomic E-state index is 12.4. The van der Waals surface area contributed by atoms with Crippen LogP contribution in [0.3, 0.4) is 0 Å². The summed E-state index contributed by atoms with van der Waals surface area (Å²) in [6, 6.07) is 7.85. The smallest absolute Gasteiger partial charge is 0.223 e. The minimum absolute atomic E-state index is 0.0854. The molecule has 1 amide bonds. The Bertz CT molecular complexity index is 555. The zero-order valence-electron chi connectivity index (χ0n) is 14.0. The molecule has 1 aromatic rings. The number of likely N-dealkylation sites (tertiary alicyclic amines) is 1. The second-order valence-corrected chi connectivity index (χ2v) is 6.25. The van der Waals surface area contributed by atoms with Crippen LogP contribution in [0.5, 0.6) is 5.75 Å². The first-order valence-electron chi connectivity index (χ1n) is 8.28. The van der Waals surface area contributed by atoms with Crippen LogP contribution in [0.4, 0.5) is 0 Å². The Labute approximate surface area is 139 Å². The summed E-state index contributed by atoms with van der Waals surface area (Å²) in [5.74, 6) is 3.72. The van der Waals surface area contributed by atoms with Gasteiger partial charge < -0.3 is 10.1 Å². The summed E-state index contributed by atoms with van der Waals surface area (Å²) in [4.78, 5) is 14.6. The predicted molar refractivity (Wildman–Crippen MR) is 92.0 cm³/mol. The molecule has 0 unspecified atom stereocenters. The predicted octanol–water partition coefficient (Wildman–Crippen LogP) is 2.44. The van der Waals surface area contributed by atoms with E-state index in [1.54, 1.807) is 0 Å². The van der Waals surface area contributed by atoms with E-state index in [1.807, 2.05) is 38.1 Å². The average Bonchev–Trinajstić information content (AvgIpc) is 2.54. The number of hydrogen-bond donors (Lipinski definition) is 1. The maximum atomic E-state index is 12.4. The number of benzene rings is 1. The van der Waals surface area contributed by atoms with Crippen LogP contribution < -0.4 is 10.1 Å². The van der Waals surface area contributed by atoms with Gasteiger partial charge in [0, 0.05) is 18.0 Å². The Kier molecular flexibility index (Phi) is 6.49. The first-order chi connectivity index (χ1) is 11.1. The van der Waals surface area contributed by atoms with Gasteiger partial charge in [-0.2, -0.15) is 0 Å². The van der Waals surface area contributed by atoms with E-state index in [-0.39, 0.29) is 17.9 Å². The molecule has 2 rings (SSSR count). The van der Waals surface area contributed by atoms with Crippen LogP contribution in [0.25, 0.3) is 0 Å². The molecule has 1 N–H and O–H groups in total. The second kappa shape index (κ2) is 8.59. The van der Waals surface area contributed by atoms with Crippen LogP contribution in [-0.2, 0) is 11.3 Å². The number of para-hydroxylation sites is 1. The molecule has 23 heavy (non-hydrogen) atoms. The van der Waals surface area contributed by atoms with Crippen molar-refractivity contribution in [2.24, 2.45) is 5.92 Å². The summed E-state index contributed by atoms with van der Waals surface area (Å²) >= 11 is 0. The number of rotatable bonds is 6. The van der Waals surface area contributed by atoms with Crippen molar-refractivity contribution >= 4 is 5.91 Å². The highest BCUT2D eigenvalue weighted by atomic mass is 16.5. The Balaban J connectivity index is 1.85. The lowest BCUT2D eigenvalue weighted by molar-refractivity contribution is -0.126. The standard InChI is InChI=1S/C19H26N2O2/c1-4-11-21-12-9-16(10-13-21)19(22)20-14-17-7-5-6-8-18(17)23-15(2)3/h1,5-8,15-16H,9-14H2,2-3H3,(H,20,22). The van der Waals surface area contributed by atoms with Crippen LogP contribution in [0.2, 0.25) is 0 Å². The van der Waals surface area contributed by atoms with Crippen LogP contribution in [0.15, 0.2) is 24.3 Å². The first kappa shape index (κ1) is 17.4. The number of hydrogen-bond acceptors (Lipinski definition) is 3. The maximum Gasteiger partial charge on any atom is 0.223 e. The lowest BCUT2D eigenvalue weighted by Crippen LogP contribution is -2.40. The van der Waals surface area contributed by atoms with Crippen molar-refractivity contribution in [2.75, 3.05) is 19.6 Å². The zero-order chi connectivity index (χ0) is 16.7. The quantitative estimate of drug-likeness (QED) is 0.820. The highest BCUT2D eigenvalue weighted by molar-refractivity contribution is 5.78. The van der Waals surface area contributed by atoms with E-state index in [9.17, 15) is 4.79 Å². The van der Waals surface area contributed by atoms with Gasteiger partial charge in [-0.15, -0.1) is 6.42 Å². The van der Waals surface area contributed by atoms with E-state index in [0.29, 0.717) is 13.1 Å². The first-order valence-corrected chi connectivity index (χ1v) is 8.28. The summed E-state index contributed by atoms with van der Waals surface area (Å²) in [5.41, 5.74) is 1.01. The van der Waals surface area contributed by atoms with Gasteiger partial charge in [-0.3, -0.25) is 9.69 Å². The van der Waals surface area contributed by atoms with Crippen molar-refractivity contribution in [2.45, 2.75) is 39.3 Å². The van der Waals surface area contributed by atoms with Crippen LogP contribution in [0, 0.1) is 18.3 Å². The van der Waals surface area contributed by atoms with Crippen LogP contribution >= 0.6 is 0 Å². The fraction of sp³-hybridized carbons (Fsp3) is 0.526. The van der Waals surface area contributed by atoms with E-state index < -0.39 is 0 Å². The van der Waals surface area contributed by atoms with Gasteiger partial charge in [0.05, 0.1) is 12.6 Å². The van der Waals surface area contributed by atoms with Crippen LogP contribution in [-0.4, -0.2) is 36.5 Å². The van der Waals surface area contributed by atoms with Crippen molar-refractivity contribution in [1.82, 2.24) is 10.2 Å². The van der Waals surface area contributed by atoms with E-state index in [2.05, 4.69) is 16.1 Å². The molecule has 1 aromatic carbocycles. The number of piperidine rings is 1. The summed E-state index contributed by atoms with van der Waals surface area (Å²) in [7, 11) is 0. The lowest BCUT2D eigenvalue weighted by Gasteiger charge is -2.29. The Morgan fingerprint density at radius 2 is 2.09 bits per heavy atom. The molecule has 4 nitrogen and oxygen atoms in total. The lowest BCUT2D eigenvalue weighted by atomic mass is 9.96. The Hall–Kier alpha value is -1.99. The van der Waals surface area contributed by atoms with E-state index >= 15 is 0 Å². The van der Waals surface area contributed by atoms with Gasteiger partial charge in [0.25, 0.3) is 0 Å². The number of amides is 1. The largest absolute Gasteiger partial charge is 0.491 e. The third-order valence-corrected chi connectivity index (χ3v) is 4.06. The fourth-order valence-corrected chi connectivity index (χ4v) is 2.83. The SMILES string of the molecule is C#CCN1CCC(C(=O)NCc2ccccc2OC(C)C)CC1. The summed E-state index contributed by atoms with van der Waals surface area (Å²) in [6.45, 7) is 6.98. The van der Waals surface area contributed by atoms with E-state index in [0.717, 1.165) is 37.2 Å². The number of carbonyl (C=O) groups is 1. The van der Waals surface area contributed by atoms with Crippen molar-refractivity contribution < 1.29 is 9.53 Å². The van der Waals surface area contributed by atoms with Crippen molar-refractivity contribution in [3.8, 4) is 18.1 Å². The normalized spacial score (nSPS) is 16.1. The molecular formula is C19H26N2O2. The average molecular weight is 314 g/mol. The molecule has 0 radical (unpaired) electrons. The van der Waals surface area contributed by atoms with Crippen LogP contribution in [0.1, 0.15) is 32.3 Å². The van der Waals surface area contributed by atoms with E-state index in [4.69, 9.17) is 11.2 Å². The van der Waals surface area contributed by atoms with Gasteiger partial charge in [-0.05, 0) is 45.8 Å². The third-order valence-electron chi connectivity index (χ3n) is 4.06. The molecule has 0 aliphatic carbocycles. The van der Waals surface area contributed by atoms with Crippen molar-refractivity contribution in [1.29, 1.82) is 0 Å². The van der Waals surface area contributed by atoms with E-state index in [1.165, 1.54) is 0 Å². The third kappa shape index (κ3) is 5.30. The topological polar surface area (TPSA) is 41.6 Å². The van der Waals surface area contributed by atoms with Crippen molar-refractivity contribution in [3.63, 3.8) is 0 Å². The Morgan fingerprint density at radius 3 is 2.74 bits per heavy atom. The number of nitrogens with one attached hydrogen (secondary N) is 1. The molecular weight excluding hydrogens is 288 g/mol. The van der Waals surface area contributed by atoms with Gasteiger partial charge in [0.2, 0.25) is 5.91 Å². The number of ether oxygens (including phenoxy) is 1. The molecule has 0 atom stereocenters. The molecule has 4 heteroatoms. The molecule has 1 aliphatic heterocycles. The van der Waals surface area contributed by atoms with Gasteiger partial charge in [-0.25, -0.2) is 0 Å². The van der Waals surface area contributed by atoms with Crippen molar-refractivity contribution in [3.05, 3.63) is 29.8 Å². The highest BCUT2D eigenvalue weighted by Crippen LogP contribution is 2.20. The number of nitrogens with zero attached hydrogens (tertiary/aromatic N) is 1.